The third kappa shape index (κ3) is 4.86. The van der Waals surface area contributed by atoms with Gasteiger partial charge in [0.2, 0.25) is 0 Å². The maximum Gasteiger partial charge on any atom is 0.314 e. The van der Waals surface area contributed by atoms with Crippen molar-refractivity contribution in [3.8, 4) is 28.3 Å². The zero-order valence-electron chi connectivity index (χ0n) is 27.3. The summed E-state index contributed by atoms with van der Waals surface area (Å²) < 4.78 is 5.97. The zero-order valence-corrected chi connectivity index (χ0v) is 27.3. The smallest absolute Gasteiger partial charge is 0.314 e. The molecule has 0 amide bonds. The van der Waals surface area contributed by atoms with Gasteiger partial charge in [-0.3, -0.25) is 14.8 Å². The molecule has 0 radical (unpaired) electrons. The molecule has 4 heteroatoms. The van der Waals surface area contributed by atoms with Gasteiger partial charge in [0, 0.05) is 34.4 Å². The van der Waals surface area contributed by atoms with Crippen molar-refractivity contribution in [1.82, 2.24) is 9.97 Å². The fraction of sp³-hybridized carbons (Fsp3) is 0.205. The Kier molecular flexibility index (Phi) is 7.52. The monoisotopic (exact) mass is 626 g/mol. The van der Waals surface area contributed by atoms with Crippen molar-refractivity contribution in [2.24, 2.45) is 5.92 Å². The van der Waals surface area contributed by atoms with Crippen LogP contribution in [0.3, 0.4) is 0 Å². The van der Waals surface area contributed by atoms with Crippen molar-refractivity contribution < 1.29 is 9.53 Å². The molecule has 0 spiro atoms. The van der Waals surface area contributed by atoms with Crippen LogP contribution in [0.5, 0.6) is 5.75 Å². The van der Waals surface area contributed by atoms with Gasteiger partial charge in [-0.05, 0) is 77.3 Å². The molecule has 8 rings (SSSR count). The van der Waals surface area contributed by atoms with Crippen molar-refractivity contribution in [1.29, 1.82) is 0 Å². The van der Waals surface area contributed by atoms with Gasteiger partial charge in [-0.2, -0.15) is 0 Å². The van der Waals surface area contributed by atoms with Crippen LogP contribution >= 0.6 is 0 Å². The minimum absolute atomic E-state index is 0.226. The Hall–Kier alpha value is -5.35. The van der Waals surface area contributed by atoms with Crippen molar-refractivity contribution >= 4 is 5.97 Å². The highest BCUT2D eigenvalue weighted by molar-refractivity contribution is 5.82. The summed E-state index contributed by atoms with van der Waals surface area (Å²) >= 11 is 0. The van der Waals surface area contributed by atoms with Crippen LogP contribution in [0.1, 0.15) is 66.8 Å². The fourth-order valence-corrected chi connectivity index (χ4v) is 8.73. The Bertz CT molecular complexity index is 2020. The van der Waals surface area contributed by atoms with Crippen LogP contribution in [0.25, 0.3) is 22.5 Å². The second kappa shape index (κ2) is 12.0. The van der Waals surface area contributed by atoms with Crippen molar-refractivity contribution in [2.45, 2.75) is 49.9 Å². The second-order valence-electron chi connectivity index (χ2n) is 13.6. The van der Waals surface area contributed by atoms with Crippen LogP contribution in [0.4, 0.5) is 0 Å². The lowest BCUT2D eigenvalue weighted by Gasteiger charge is -2.44. The maximum atomic E-state index is 13.9. The summed E-state index contributed by atoms with van der Waals surface area (Å²) in [6.45, 7) is 4.36. The first-order chi connectivity index (χ1) is 23.5. The number of para-hydroxylation sites is 1. The van der Waals surface area contributed by atoms with Crippen LogP contribution in [0, 0.1) is 5.92 Å². The summed E-state index contributed by atoms with van der Waals surface area (Å²) in [6, 6.07) is 46.3. The Morgan fingerprint density at radius 1 is 0.583 bits per heavy atom. The number of ether oxygens (including phenoxy) is 1. The molecule has 0 fully saturated rings. The summed E-state index contributed by atoms with van der Waals surface area (Å²) in [7, 11) is 0. The molecular formula is C44H38N2O2. The number of aromatic nitrogens is 2. The summed E-state index contributed by atoms with van der Waals surface area (Å²) in [5.41, 5.74) is 9.72. The lowest BCUT2D eigenvalue weighted by molar-refractivity contribution is -0.139. The van der Waals surface area contributed by atoms with Crippen molar-refractivity contribution in [2.75, 3.05) is 0 Å². The predicted molar refractivity (Wildman–Crippen MR) is 191 cm³/mol. The molecule has 6 aromatic rings. The molecule has 2 heterocycles. The molecule has 2 aromatic heterocycles. The van der Waals surface area contributed by atoms with E-state index in [4.69, 9.17) is 14.7 Å². The fourth-order valence-electron chi connectivity index (χ4n) is 8.73. The van der Waals surface area contributed by atoms with E-state index in [-0.39, 0.29) is 11.9 Å². The SMILES string of the molecule is CC(CC1(CC2(CC(C)c3ccccc3)c3ccccc3-c3ncccc32)c2ccccc2-c2ncccc21)C(=O)Oc1ccccc1. The van der Waals surface area contributed by atoms with Crippen LogP contribution in [-0.4, -0.2) is 15.9 Å². The molecule has 4 atom stereocenters. The van der Waals surface area contributed by atoms with E-state index >= 15 is 0 Å². The largest absolute Gasteiger partial charge is 0.426 e. The van der Waals surface area contributed by atoms with Gasteiger partial charge < -0.3 is 4.74 Å². The molecule has 0 bridgehead atoms. The van der Waals surface area contributed by atoms with Gasteiger partial charge in [0.15, 0.2) is 0 Å². The number of nitrogens with zero attached hydrogens (tertiary/aromatic N) is 2. The van der Waals surface area contributed by atoms with Gasteiger partial charge in [-0.1, -0.05) is 123 Å². The molecule has 0 N–H and O–H groups in total. The molecule has 2 aliphatic rings. The standard InChI is InChI=1S/C44H38N2O2/c1-30(32-15-5-3-6-16-32)27-43(36-21-11-9-19-34(36)40-38(43)23-13-25-45-40)29-44(28-31(2)42(47)48-33-17-7-4-8-18-33)37-22-12-10-20-35(37)41-39(44)24-14-26-46-41/h3-26,30-31H,27-29H2,1-2H3. The predicted octanol–water partition coefficient (Wildman–Crippen LogP) is 9.93. The zero-order chi connectivity index (χ0) is 32.7. The number of benzene rings is 4. The Morgan fingerprint density at radius 2 is 1.06 bits per heavy atom. The highest BCUT2D eigenvalue weighted by Crippen LogP contribution is 2.62. The number of pyridine rings is 2. The van der Waals surface area contributed by atoms with Gasteiger partial charge in [0.05, 0.1) is 17.3 Å². The molecule has 0 aliphatic heterocycles. The highest BCUT2D eigenvalue weighted by atomic mass is 16.5. The van der Waals surface area contributed by atoms with E-state index in [0.717, 1.165) is 29.8 Å². The molecule has 48 heavy (non-hydrogen) atoms. The molecular weight excluding hydrogens is 588 g/mol. The van der Waals surface area contributed by atoms with Gasteiger partial charge >= 0.3 is 5.97 Å². The first-order valence-electron chi connectivity index (χ1n) is 16.9. The lowest BCUT2D eigenvalue weighted by atomic mass is 9.58. The van der Waals surface area contributed by atoms with Crippen molar-refractivity contribution in [3.63, 3.8) is 0 Å². The molecule has 4 aromatic carbocycles. The Morgan fingerprint density at radius 3 is 1.65 bits per heavy atom. The van der Waals surface area contributed by atoms with E-state index in [1.807, 2.05) is 55.7 Å². The number of hydrogen-bond donors (Lipinski definition) is 0. The number of hydrogen-bond acceptors (Lipinski definition) is 4. The molecule has 0 saturated heterocycles. The Labute approximate surface area is 282 Å². The number of carbonyl (C=O) groups is 1. The van der Waals surface area contributed by atoms with Crippen LogP contribution in [0.2, 0.25) is 0 Å². The first kappa shape index (κ1) is 30.0. The highest BCUT2D eigenvalue weighted by Gasteiger charge is 2.54. The normalized spacial score (nSPS) is 19.8. The number of esters is 1. The van der Waals surface area contributed by atoms with Gasteiger partial charge in [0.1, 0.15) is 5.75 Å². The van der Waals surface area contributed by atoms with Crippen LogP contribution in [0.15, 0.2) is 146 Å². The van der Waals surface area contributed by atoms with E-state index in [9.17, 15) is 4.79 Å². The van der Waals surface area contributed by atoms with E-state index in [1.165, 1.54) is 33.4 Å². The lowest BCUT2D eigenvalue weighted by Crippen LogP contribution is -2.41. The summed E-state index contributed by atoms with van der Waals surface area (Å²) in [4.78, 5) is 23.9. The van der Waals surface area contributed by atoms with E-state index in [0.29, 0.717) is 12.2 Å². The first-order valence-corrected chi connectivity index (χ1v) is 16.9. The van der Waals surface area contributed by atoms with Crippen LogP contribution in [-0.2, 0) is 15.6 Å². The molecule has 2 aliphatic carbocycles. The maximum absolute atomic E-state index is 13.9. The summed E-state index contributed by atoms with van der Waals surface area (Å²) in [6.07, 6.45) is 6.01. The van der Waals surface area contributed by atoms with Gasteiger partial charge in [-0.15, -0.1) is 0 Å². The average molecular weight is 627 g/mol. The number of carbonyl (C=O) groups excluding carboxylic acids is 1. The molecule has 4 unspecified atom stereocenters. The molecule has 4 nitrogen and oxygen atoms in total. The van der Waals surface area contributed by atoms with E-state index in [1.54, 1.807) is 0 Å². The molecule has 0 saturated carbocycles. The Balaban J connectivity index is 1.34. The number of rotatable bonds is 9. The summed E-state index contributed by atoms with van der Waals surface area (Å²) in [5.74, 6) is 0.206. The van der Waals surface area contributed by atoms with Gasteiger partial charge in [0.25, 0.3) is 0 Å². The third-order valence-electron chi connectivity index (χ3n) is 10.7. The topological polar surface area (TPSA) is 52.1 Å². The second-order valence-corrected chi connectivity index (χ2v) is 13.6. The third-order valence-corrected chi connectivity index (χ3v) is 10.7. The van der Waals surface area contributed by atoms with Gasteiger partial charge in [-0.25, -0.2) is 0 Å². The number of fused-ring (bicyclic) bond motifs is 6. The minimum atomic E-state index is -0.531. The molecule has 236 valence electrons. The van der Waals surface area contributed by atoms with E-state index in [2.05, 4.69) is 104 Å². The quantitative estimate of drug-likeness (QED) is 0.118. The minimum Gasteiger partial charge on any atom is -0.426 e. The van der Waals surface area contributed by atoms with Crippen LogP contribution < -0.4 is 4.74 Å². The average Bonchev–Trinajstić information content (AvgIpc) is 3.56. The summed E-state index contributed by atoms with van der Waals surface area (Å²) in [5, 5.41) is 0. The van der Waals surface area contributed by atoms with Crippen molar-refractivity contribution in [3.05, 3.63) is 174 Å². The van der Waals surface area contributed by atoms with E-state index < -0.39 is 16.7 Å².